The summed E-state index contributed by atoms with van der Waals surface area (Å²) in [5.74, 6) is 0.858. The normalized spacial score (nSPS) is 15.4. The van der Waals surface area contributed by atoms with E-state index in [1.54, 1.807) is 12.4 Å². The number of aryl methyl sites for hydroxylation is 1. The number of rotatable bonds is 2. The lowest BCUT2D eigenvalue weighted by molar-refractivity contribution is 0.239. The first-order valence-electron chi connectivity index (χ1n) is 6.10. The molecular weight excluding hydrogens is 226 g/mol. The molecular formula is C13H15N5. The second kappa shape index (κ2) is 4.78. The van der Waals surface area contributed by atoms with Gasteiger partial charge in [-0.3, -0.25) is 14.9 Å². The topological polar surface area (TPSA) is 54.8 Å². The highest BCUT2D eigenvalue weighted by Gasteiger charge is 2.18. The molecule has 3 rings (SSSR count). The van der Waals surface area contributed by atoms with Crippen LogP contribution in [0, 0.1) is 6.92 Å². The molecule has 0 atom stereocenters. The van der Waals surface area contributed by atoms with Crippen molar-refractivity contribution in [2.75, 3.05) is 6.54 Å². The van der Waals surface area contributed by atoms with Crippen LogP contribution in [0.2, 0.25) is 0 Å². The molecule has 18 heavy (non-hydrogen) atoms. The van der Waals surface area contributed by atoms with E-state index in [2.05, 4.69) is 24.8 Å². The minimum Gasteiger partial charge on any atom is -0.293 e. The van der Waals surface area contributed by atoms with Gasteiger partial charge in [-0.2, -0.15) is 0 Å². The minimum absolute atomic E-state index is 0.834. The van der Waals surface area contributed by atoms with E-state index in [0.717, 1.165) is 37.6 Å². The molecule has 0 radical (unpaired) electrons. The fourth-order valence-electron chi connectivity index (χ4n) is 2.25. The lowest BCUT2D eigenvalue weighted by Crippen LogP contribution is -2.31. The number of hydrogen-bond donors (Lipinski definition) is 0. The summed E-state index contributed by atoms with van der Waals surface area (Å²) in [6, 6.07) is 0. The van der Waals surface area contributed by atoms with Gasteiger partial charge in [0.1, 0.15) is 5.82 Å². The molecule has 5 heteroatoms. The van der Waals surface area contributed by atoms with Gasteiger partial charge < -0.3 is 0 Å². The molecule has 3 heterocycles. The maximum absolute atomic E-state index is 4.49. The van der Waals surface area contributed by atoms with Crippen LogP contribution in [0.5, 0.6) is 0 Å². The molecule has 2 aromatic rings. The van der Waals surface area contributed by atoms with Crippen molar-refractivity contribution in [3.05, 3.63) is 47.6 Å². The van der Waals surface area contributed by atoms with Crippen LogP contribution >= 0.6 is 0 Å². The Morgan fingerprint density at radius 2 is 2.17 bits per heavy atom. The fourth-order valence-corrected chi connectivity index (χ4v) is 2.25. The Labute approximate surface area is 106 Å². The Balaban J connectivity index is 1.73. The third-order valence-corrected chi connectivity index (χ3v) is 3.14. The van der Waals surface area contributed by atoms with Crippen molar-refractivity contribution in [2.24, 2.45) is 0 Å². The molecule has 0 amide bonds. The van der Waals surface area contributed by atoms with Gasteiger partial charge in [-0.05, 0) is 6.92 Å². The molecule has 0 aromatic carbocycles. The Morgan fingerprint density at radius 1 is 1.22 bits per heavy atom. The Morgan fingerprint density at radius 3 is 3.00 bits per heavy atom. The van der Waals surface area contributed by atoms with Gasteiger partial charge in [-0.25, -0.2) is 9.97 Å². The summed E-state index contributed by atoms with van der Waals surface area (Å²) in [6.07, 6.45) is 8.19. The molecule has 0 aliphatic carbocycles. The van der Waals surface area contributed by atoms with Gasteiger partial charge in [0.05, 0.1) is 5.69 Å². The standard InChI is InChI=1S/C13H15N5/c1-10-16-6-11-8-18(5-2-13(11)17-10)9-12-7-14-3-4-15-12/h3-4,6-7H,2,5,8-9H2,1H3. The molecule has 0 saturated carbocycles. The zero-order chi connectivity index (χ0) is 12.4. The first-order valence-corrected chi connectivity index (χ1v) is 6.10. The quantitative estimate of drug-likeness (QED) is 0.789. The summed E-state index contributed by atoms with van der Waals surface area (Å²) in [5.41, 5.74) is 3.43. The van der Waals surface area contributed by atoms with E-state index in [4.69, 9.17) is 0 Å². The van der Waals surface area contributed by atoms with Crippen LogP contribution < -0.4 is 0 Å². The van der Waals surface area contributed by atoms with E-state index in [9.17, 15) is 0 Å². The van der Waals surface area contributed by atoms with Gasteiger partial charge in [0, 0.05) is 62.1 Å². The van der Waals surface area contributed by atoms with Crippen LogP contribution in [0.25, 0.3) is 0 Å². The zero-order valence-electron chi connectivity index (χ0n) is 10.4. The van der Waals surface area contributed by atoms with Crippen LogP contribution in [0.15, 0.2) is 24.8 Å². The van der Waals surface area contributed by atoms with Crippen molar-refractivity contribution in [3.8, 4) is 0 Å². The van der Waals surface area contributed by atoms with Crippen molar-refractivity contribution < 1.29 is 0 Å². The number of aromatic nitrogens is 4. The highest BCUT2D eigenvalue weighted by atomic mass is 15.1. The monoisotopic (exact) mass is 241 g/mol. The SMILES string of the molecule is Cc1ncc2c(n1)CCN(Cc1cnccn1)C2. The van der Waals surface area contributed by atoms with Gasteiger partial charge in [-0.1, -0.05) is 0 Å². The van der Waals surface area contributed by atoms with E-state index in [0.29, 0.717) is 0 Å². The Hall–Kier alpha value is -1.88. The van der Waals surface area contributed by atoms with Crippen molar-refractivity contribution >= 4 is 0 Å². The summed E-state index contributed by atoms with van der Waals surface area (Å²) >= 11 is 0. The summed E-state index contributed by atoms with van der Waals surface area (Å²) in [5, 5.41) is 0. The molecule has 0 saturated heterocycles. The van der Waals surface area contributed by atoms with E-state index in [1.165, 1.54) is 11.3 Å². The molecule has 2 aromatic heterocycles. The Kier molecular flexibility index (Phi) is 2.98. The third kappa shape index (κ3) is 2.36. The van der Waals surface area contributed by atoms with Crippen molar-refractivity contribution in [3.63, 3.8) is 0 Å². The number of fused-ring (bicyclic) bond motifs is 1. The Bertz CT molecular complexity index is 540. The van der Waals surface area contributed by atoms with Crippen LogP contribution in [-0.2, 0) is 19.5 Å². The summed E-state index contributed by atoms with van der Waals surface area (Å²) < 4.78 is 0. The van der Waals surface area contributed by atoms with Gasteiger partial charge in [0.2, 0.25) is 0 Å². The molecule has 1 aliphatic heterocycles. The summed E-state index contributed by atoms with van der Waals surface area (Å²) in [6.45, 7) is 4.68. The first-order chi connectivity index (χ1) is 8.81. The molecule has 92 valence electrons. The van der Waals surface area contributed by atoms with E-state index < -0.39 is 0 Å². The van der Waals surface area contributed by atoms with E-state index in [-0.39, 0.29) is 0 Å². The molecule has 0 unspecified atom stereocenters. The number of hydrogen-bond acceptors (Lipinski definition) is 5. The van der Waals surface area contributed by atoms with Gasteiger partial charge >= 0.3 is 0 Å². The fraction of sp³-hybridized carbons (Fsp3) is 0.385. The minimum atomic E-state index is 0.834. The van der Waals surface area contributed by atoms with Gasteiger partial charge in [-0.15, -0.1) is 0 Å². The molecule has 0 N–H and O–H groups in total. The second-order valence-electron chi connectivity index (χ2n) is 4.55. The lowest BCUT2D eigenvalue weighted by Gasteiger charge is -2.27. The molecule has 0 bridgehead atoms. The maximum Gasteiger partial charge on any atom is 0.125 e. The summed E-state index contributed by atoms with van der Waals surface area (Å²) in [4.78, 5) is 19.5. The summed E-state index contributed by atoms with van der Waals surface area (Å²) in [7, 11) is 0. The highest BCUT2D eigenvalue weighted by molar-refractivity contribution is 5.20. The number of nitrogens with zero attached hydrogens (tertiary/aromatic N) is 5. The van der Waals surface area contributed by atoms with Gasteiger partial charge in [0.15, 0.2) is 0 Å². The highest BCUT2D eigenvalue weighted by Crippen LogP contribution is 2.17. The molecule has 5 nitrogen and oxygen atoms in total. The molecule has 1 aliphatic rings. The molecule has 0 spiro atoms. The van der Waals surface area contributed by atoms with Crippen molar-refractivity contribution in [1.29, 1.82) is 0 Å². The average Bonchev–Trinajstić information content (AvgIpc) is 2.40. The predicted octanol–water partition coefficient (Wildman–Crippen LogP) is 1.13. The van der Waals surface area contributed by atoms with Crippen molar-refractivity contribution in [2.45, 2.75) is 26.4 Å². The maximum atomic E-state index is 4.49. The zero-order valence-corrected chi connectivity index (χ0v) is 10.4. The van der Waals surface area contributed by atoms with Crippen LogP contribution in [0.1, 0.15) is 22.8 Å². The average molecular weight is 241 g/mol. The second-order valence-corrected chi connectivity index (χ2v) is 4.55. The van der Waals surface area contributed by atoms with Crippen LogP contribution in [-0.4, -0.2) is 31.4 Å². The molecule has 0 fully saturated rings. The van der Waals surface area contributed by atoms with Crippen LogP contribution in [0.3, 0.4) is 0 Å². The van der Waals surface area contributed by atoms with E-state index in [1.807, 2.05) is 19.3 Å². The third-order valence-electron chi connectivity index (χ3n) is 3.14. The first kappa shape index (κ1) is 11.2. The predicted molar refractivity (Wildman–Crippen MR) is 66.6 cm³/mol. The lowest BCUT2D eigenvalue weighted by atomic mass is 10.1. The van der Waals surface area contributed by atoms with Crippen LogP contribution in [0.4, 0.5) is 0 Å². The smallest absolute Gasteiger partial charge is 0.125 e. The van der Waals surface area contributed by atoms with E-state index >= 15 is 0 Å². The van der Waals surface area contributed by atoms with Crippen molar-refractivity contribution in [1.82, 2.24) is 24.8 Å². The largest absolute Gasteiger partial charge is 0.293 e. The van der Waals surface area contributed by atoms with Gasteiger partial charge in [0.25, 0.3) is 0 Å².